The van der Waals surface area contributed by atoms with Gasteiger partial charge in [0.05, 0.1) is 46.7 Å². The van der Waals surface area contributed by atoms with E-state index in [1.807, 2.05) is 0 Å². The molecule has 8 atom stereocenters. The van der Waals surface area contributed by atoms with Crippen molar-refractivity contribution in [3.05, 3.63) is 72.5 Å². The minimum atomic E-state index is -2.12. The molecule has 1 aliphatic heterocycles. The van der Waals surface area contributed by atoms with Gasteiger partial charge in [0, 0.05) is 26.2 Å². The van der Waals surface area contributed by atoms with Crippen LogP contribution in [0.3, 0.4) is 0 Å². The molecule has 0 aromatic carbocycles. The van der Waals surface area contributed by atoms with Gasteiger partial charge in [0.15, 0.2) is 11.7 Å². The fourth-order valence-electron chi connectivity index (χ4n) is 7.95. The van der Waals surface area contributed by atoms with E-state index in [-0.39, 0.29) is 23.1 Å². The van der Waals surface area contributed by atoms with Crippen molar-refractivity contribution in [1.82, 2.24) is 0 Å². The highest BCUT2D eigenvalue weighted by Crippen LogP contribution is 2.69. The third-order valence-corrected chi connectivity index (χ3v) is 9.88. The molecule has 0 amide bonds. The van der Waals surface area contributed by atoms with Crippen LogP contribution in [0, 0.1) is 11.3 Å². The zero-order valence-corrected chi connectivity index (χ0v) is 27.4. The predicted molar refractivity (Wildman–Crippen MR) is 160 cm³/mol. The summed E-state index contributed by atoms with van der Waals surface area (Å²) in [7, 11) is 0. The summed E-state index contributed by atoms with van der Waals surface area (Å²) >= 11 is 0. The van der Waals surface area contributed by atoms with Crippen LogP contribution >= 0.6 is 0 Å². The first-order valence-electron chi connectivity index (χ1n) is 15.6. The molecule has 0 radical (unpaired) electrons. The number of furan rings is 3. The van der Waals surface area contributed by atoms with Gasteiger partial charge >= 0.3 is 29.8 Å². The molecule has 15 nitrogen and oxygen atoms in total. The molecule has 2 aliphatic carbocycles. The summed E-state index contributed by atoms with van der Waals surface area (Å²) < 4.78 is 52.1. The van der Waals surface area contributed by atoms with Gasteiger partial charge in [-0.05, 0) is 45.4 Å². The third-order valence-electron chi connectivity index (χ3n) is 9.88. The molecule has 2 saturated carbocycles. The van der Waals surface area contributed by atoms with Crippen molar-refractivity contribution in [3.8, 4) is 0 Å². The average Bonchev–Trinajstić information content (AvgIpc) is 3.84. The Balaban J connectivity index is 1.62. The van der Waals surface area contributed by atoms with Crippen molar-refractivity contribution in [3.63, 3.8) is 0 Å². The predicted octanol–water partition coefficient (Wildman–Crippen LogP) is 3.65. The first-order valence-corrected chi connectivity index (χ1v) is 15.6. The van der Waals surface area contributed by atoms with Gasteiger partial charge in [-0.15, -0.1) is 0 Å². The molecule has 3 fully saturated rings. The van der Waals surface area contributed by atoms with Gasteiger partial charge in [-0.25, -0.2) is 14.4 Å². The summed E-state index contributed by atoms with van der Waals surface area (Å²) in [5.74, 6) is -4.94. The molecule has 49 heavy (non-hydrogen) atoms. The first-order chi connectivity index (χ1) is 23.1. The van der Waals surface area contributed by atoms with Gasteiger partial charge in [-0.2, -0.15) is 0 Å². The molecule has 1 spiro atoms. The first kappa shape index (κ1) is 34.0. The van der Waals surface area contributed by atoms with Crippen LogP contribution in [0.5, 0.6) is 0 Å². The molecule has 3 aromatic rings. The van der Waals surface area contributed by atoms with Gasteiger partial charge in [0.2, 0.25) is 0 Å². The van der Waals surface area contributed by atoms with Crippen molar-refractivity contribution in [1.29, 1.82) is 0 Å². The van der Waals surface area contributed by atoms with Crippen molar-refractivity contribution in [2.24, 2.45) is 11.3 Å². The summed E-state index contributed by atoms with van der Waals surface area (Å²) in [5.41, 5.74) is -7.50. The van der Waals surface area contributed by atoms with Crippen LogP contribution in [0.25, 0.3) is 0 Å². The fraction of sp³-hybridized carbons (Fsp3) is 0.500. The number of fused-ring (bicyclic) bond motifs is 1. The molecular weight excluding hydrogens is 648 g/mol. The Morgan fingerprint density at radius 1 is 0.755 bits per heavy atom. The lowest BCUT2D eigenvalue weighted by atomic mass is 9.46. The van der Waals surface area contributed by atoms with Crippen LogP contribution in [-0.4, -0.2) is 82.8 Å². The number of hydrogen-bond acceptors (Lipinski definition) is 15. The van der Waals surface area contributed by atoms with Crippen LogP contribution in [0.2, 0.25) is 0 Å². The Hall–Kier alpha value is -4.89. The van der Waals surface area contributed by atoms with E-state index in [9.17, 15) is 29.1 Å². The number of rotatable bonds is 9. The van der Waals surface area contributed by atoms with Crippen LogP contribution in [0.15, 0.2) is 69.0 Å². The quantitative estimate of drug-likeness (QED) is 0.253. The number of aliphatic hydroxyl groups is 1. The number of carbonyl (C=O) groups is 5. The van der Waals surface area contributed by atoms with Gasteiger partial charge < -0.3 is 46.8 Å². The summed E-state index contributed by atoms with van der Waals surface area (Å²) in [6, 6.07) is 4.07. The van der Waals surface area contributed by atoms with E-state index < -0.39 is 95.4 Å². The molecule has 2 bridgehead atoms. The molecule has 6 rings (SSSR count). The SMILES string of the molecule is CC(=O)OCC12C(OC(=O)c3ccoc3)CC3C(OC(C)=O)C1(OC3(C)C)C(C)(O)CC(OC(=O)c1ccoc1)C2OC(=O)c1ccoc1. The molecule has 1 N–H and O–H groups in total. The number of carbonyl (C=O) groups excluding carboxylic acids is 5. The molecule has 15 heteroatoms. The summed E-state index contributed by atoms with van der Waals surface area (Å²) in [4.78, 5) is 66.3. The van der Waals surface area contributed by atoms with E-state index in [1.54, 1.807) is 13.8 Å². The molecule has 3 aromatic heterocycles. The van der Waals surface area contributed by atoms with E-state index in [0.717, 1.165) is 19.5 Å². The van der Waals surface area contributed by atoms with Gasteiger partial charge in [0.1, 0.15) is 49.1 Å². The van der Waals surface area contributed by atoms with Crippen molar-refractivity contribution < 1.29 is 70.8 Å². The molecule has 262 valence electrons. The molecule has 3 aliphatic rings. The number of ether oxygens (including phenoxy) is 6. The highest BCUT2D eigenvalue weighted by atomic mass is 16.6. The maximum Gasteiger partial charge on any atom is 0.341 e. The topological polar surface area (TPSA) is 200 Å². The number of hydrogen-bond donors (Lipinski definition) is 1. The minimum Gasteiger partial charge on any atom is -0.472 e. The normalized spacial score (nSPS) is 32.7. The van der Waals surface area contributed by atoms with Crippen LogP contribution in [-0.2, 0) is 38.0 Å². The van der Waals surface area contributed by atoms with E-state index in [4.69, 9.17) is 41.7 Å². The maximum absolute atomic E-state index is 13.8. The Morgan fingerprint density at radius 3 is 1.78 bits per heavy atom. The number of esters is 5. The monoisotopic (exact) mass is 684 g/mol. The second-order valence-corrected chi connectivity index (χ2v) is 13.3. The van der Waals surface area contributed by atoms with Crippen LogP contribution in [0.4, 0.5) is 0 Å². The molecule has 4 heterocycles. The zero-order valence-electron chi connectivity index (χ0n) is 27.4. The van der Waals surface area contributed by atoms with Crippen molar-refractivity contribution in [2.45, 2.75) is 88.7 Å². The lowest BCUT2D eigenvalue weighted by molar-refractivity contribution is -0.353. The molecule has 8 unspecified atom stereocenters. The smallest absolute Gasteiger partial charge is 0.341 e. The average molecular weight is 685 g/mol. The Bertz CT molecular complexity index is 1700. The Kier molecular flexibility index (Phi) is 8.47. The largest absolute Gasteiger partial charge is 0.472 e. The van der Waals surface area contributed by atoms with E-state index in [0.29, 0.717) is 0 Å². The third kappa shape index (κ3) is 5.50. The zero-order chi connectivity index (χ0) is 35.4. The van der Waals surface area contributed by atoms with E-state index in [1.165, 1.54) is 57.1 Å². The lowest BCUT2D eigenvalue weighted by Crippen LogP contribution is -2.83. The highest BCUT2D eigenvalue weighted by molar-refractivity contribution is 5.90. The Morgan fingerprint density at radius 2 is 1.29 bits per heavy atom. The van der Waals surface area contributed by atoms with E-state index >= 15 is 0 Å². The maximum atomic E-state index is 13.8. The van der Waals surface area contributed by atoms with E-state index in [2.05, 4.69) is 0 Å². The van der Waals surface area contributed by atoms with Crippen molar-refractivity contribution >= 4 is 29.8 Å². The van der Waals surface area contributed by atoms with Crippen LogP contribution in [0.1, 0.15) is 78.5 Å². The van der Waals surface area contributed by atoms with Gasteiger partial charge in [-0.1, -0.05) is 0 Å². The minimum absolute atomic E-state index is 0.0107. The summed E-state index contributed by atoms with van der Waals surface area (Å²) in [6.07, 6.45) is 0.838. The second-order valence-electron chi connectivity index (χ2n) is 13.3. The van der Waals surface area contributed by atoms with Crippen molar-refractivity contribution in [2.75, 3.05) is 6.61 Å². The standard InChI is InChI=1S/C34H36O15/c1-18(35)44-17-33-25(47-29(38)21-7-10-42-15-21)12-23-26(45-19(2)36)34(33,49-31(23,3)4)32(5,40)13-24(46-28(37)20-6-9-41-14-20)27(33)48-30(39)22-8-11-43-16-22/h6-11,14-16,23-27,40H,12-13,17H2,1-5H3. The summed E-state index contributed by atoms with van der Waals surface area (Å²) in [5, 5.41) is 12.7. The van der Waals surface area contributed by atoms with Gasteiger partial charge in [-0.3, -0.25) is 9.59 Å². The van der Waals surface area contributed by atoms with Crippen LogP contribution < -0.4 is 0 Å². The second kappa shape index (κ2) is 12.2. The fourth-order valence-corrected chi connectivity index (χ4v) is 7.95. The summed E-state index contributed by atoms with van der Waals surface area (Å²) in [6.45, 7) is 6.42. The lowest BCUT2D eigenvalue weighted by Gasteiger charge is -2.65. The molecular formula is C34H36O15. The Labute approximate surface area is 279 Å². The molecule has 1 saturated heterocycles. The highest BCUT2D eigenvalue weighted by Gasteiger charge is 2.86. The van der Waals surface area contributed by atoms with Gasteiger partial charge in [0.25, 0.3) is 0 Å².